The van der Waals surface area contributed by atoms with E-state index in [9.17, 15) is 4.79 Å². The SMILES string of the molecule is CCCC(OCC)C(=O)Cc1cc(Br)cc2c1OCC2. The number of carbonyl (C=O) groups is 1. The maximum absolute atomic E-state index is 12.4. The Balaban J connectivity index is 2.15. The van der Waals surface area contributed by atoms with Gasteiger partial charge in [-0.25, -0.2) is 0 Å². The minimum Gasteiger partial charge on any atom is -0.493 e. The first-order valence-corrected chi connectivity index (χ1v) is 8.03. The molecule has 0 aliphatic carbocycles. The van der Waals surface area contributed by atoms with Gasteiger partial charge >= 0.3 is 0 Å². The number of hydrogen-bond acceptors (Lipinski definition) is 3. The Morgan fingerprint density at radius 3 is 2.95 bits per heavy atom. The molecule has 0 N–H and O–H groups in total. The first-order valence-electron chi connectivity index (χ1n) is 7.24. The van der Waals surface area contributed by atoms with Gasteiger partial charge < -0.3 is 9.47 Å². The molecule has 0 radical (unpaired) electrons. The molecule has 0 aromatic heterocycles. The number of Topliss-reactive ketones (excluding diaryl/α,β-unsaturated/α-hetero) is 1. The van der Waals surface area contributed by atoms with Crippen LogP contribution in [0.5, 0.6) is 5.75 Å². The van der Waals surface area contributed by atoms with Crippen LogP contribution in [0.15, 0.2) is 16.6 Å². The normalized spacial score (nSPS) is 14.8. The third-order valence-electron chi connectivity index (χ3n) is 3.47. The predicted octanol–water partition coefficient (Wildman–Crippen LogP) is 3.70. The molecule has 1 heterocycles. The van der Waals surface area contributed by atoms with Crippen molar-refractivity contribution in [2.24, 2.45) is 0 Å². The second kappa shape index (κ2) is 7.23. The molecule has 0 saturated carbocycles. The molecule has 1 aliphatic heterocycles. The van der Waals surface area contributed by atoms with Crippen molar-refractivity contribution >= 4 is 21.7 Å². The van der Waals surface area contributed by atoms with E-state index in [2.05, 4.69) is 28.9 Å². The molecular formula is C16H21BrO3. The quantitative estimate of drug-likeness (QED) is 0.759. The number of rotatable bonds is 7. The summed E-state index contributed by atoms with van der Waals surface area (Å²) < 4.78 is 12.2. The number of halogens is 1. The molecule has 2 rings (SSSR count). The summed E-state index contributed by atoms with van der Waals surface area (Å²) in [5.41, 5.74) is 2.16. The number of hydrogen-bond donors (Lipinski definition) is 0. The molecule has 0 bridgehead atoms. The van der Waals surface area contributed by atoms with Gasteiger partial charge in [0.2, 0.25) is 0 Å². The fourth-order valence-corrected chi connectivity index (χ4v) is 3.13. The Kier molecular flexibility index (Phi) is 5.61. The summed E-state index contributed by atoms with van der Waals surface area (Å²) in [4.78, 5) is 12.4. The van der Waals surface area contributed by atoms with Crippen molar-refractivity contribution in [3.8, 4) is 5.75 Å². The summed E-state index contributed by atoms with van der Waals surface area (Å²) in [6.45, 7) is 5.27. The highest BCUT2D eigenvalue weighted by atomic mass is 79.9. The van der Waals surface area contributed by atoms with Crippen molar-refractivity contribution < 1.29 is 14.3 Å². The monoisotopic (exact) mass is 340 g/mol. The molecule has 3 nitrogen and oxygen atoms in total. The lowest BCUT2D eigenvalue weighted by Crippen LogP contribution is -2.26. The number of fused-ring (bicyclic) bond motifs is 1. The second-order valence-corrected chi connectivity index (χ2v) is 5.94. The van der Waals surface area contributed by atoms with Crippen LogP contribution in [0.4, 0.5) is 0 Å². The third-order valence-corrected chi connectivity index (χ3v) is 3.93. The molecule has 0 fully saturated rings. The van der Waals surface area contributed by atoms with E-state index in [0.717, 1.165) is 35.0 Å². The Morgan fingerprint density at radius 2 is 2.25 bits per heavy atom. The van der Waals surface area contributed by atoms with Crippen LogP contribution in [0.1, 0.15) is 37.8 Å². The fraction of sp³-hybridized carbons (Fsp3) is 0.562. The van der Waals surface area contributed by atoms with E-state index in [4.69, 9.17) is 9.47 Å². The summed E-state index contributed by atoms with van der Waals surface area (Å²) in [6.07, 6.45) is 2.74. The van der Waals surface area contributed by atoms with Crippen molar-refractivity contribution in [1.29, 1.82) is 0 Å². The molecule has 0 spiro atoms. The highest BCUT2D eigenvalue weighted by Crippen LogP contribution is 2.33. The molecule has 1 unspecified atom stereocenters. The van der Waals surface area contributed by atoms with Gasteiger partial charge in [-0.2, -0.15) is 0 Å². The van der Waals surface area contributed by atoms with Crippen LogP contribution in [-0.4, -0.2) is 25.1 Å². The summed E-state index contributed by atoms with van der Waals surface area (Å²) in [6, 6.07) is 4.05. The van der Waals surface area contributed by atoms with Crippen molar-refractivity contribution in [3.63, 3.8) is 0 Å². The first kappa shape index (κ1) is 15.5. The van der Waals surface area contributed by atoms with Gasteiger partial charge in [0.05, 0.1) is 6.61 Å². The van der Waals surface area contributed by atoms with E-state index in [0.29, 0.717) is 19.6 Å². The van der Waals surface area contributed by atoms with Crippen LogP contribution in [0.3, 0.4) is 0 Å². The molecule has 1 atom stereocenters. The number of ketones is 1. The predicted molar refractivity (Wildman–Crippen MR) is 82.4 cm³/mol. The van der Waals surface area contributed by atoms with Crippen LogP contribution in [0.2, 0.25) is 0 Å². The van der Waals surface area contributed by atoms with Gasteiger partial charge in [0.1, 0.15) is 11.9 Å². The second-order valence-electron chi connectivity index (χ2n) is 5.03. The lowest BCUT2D eigenvalue weighted by atomic mass is 9.99. The van der Waals surface area contributed by atoms with Crippen LogP contribution >= 0.6 is 15.9 Å². The topological polar surface area (TPSA) is 35.5 Å². The zero-order valence-corrected chi connectivity index (χ0v) is 13.7. The van der Waals surface area contributed by atoms with Gasteiger partial charge in [-0.1, -0.05) is 29.3 Å². The van der Waals surface area contributed by atoms with Gasteiger partial charge in [-0.05, 0) is 31.0 Å². The van der Waals surface area contributed by atoms with E-state index in [1.54, 1.807) is 0 Å². The maximum Gasteiger partial charge on any atom is 0.166 e. The number of benzene rings is 1. The average Bonchev–Trinajstić information content (AvgIpc) is 2.86. The van der Waals surface area contributed by atoms with Crippen molar-refractivity contribution in [2.75, 3.05) is 13.2 Å². The van der Waals surface area contributed by atoms with Crippen LogP contribution < -0.4 is 4.74 Å². The summed E-state index contributed by atoms with van der Waals surface area (Å²) >= 11 is 3.51. The Hall–Kier alpha value is -0.870. The van der Waals surface area contributed by atoms with Gasteiger partial charge in [0.15, 0.2) is 5.78 Å². The summed E-state index contributed by atoms with van der Waals surface area (Å²) in [5, 5.41) is 0. The summed E-state index contributed by atoms with van der Waals surface area (Å²) in [7, 11) is 0. The molecule has 0 amide bonds. The van der Waals surface area contributed by atoms with Gasteiger partial charge in [-0.3, -0.25) is 4.79 Å². The van der Waals surface area contributed by atoms with Crippen LogP contribution in [0.25, 0.3) is 0 Å². The lowest BCUT2D eigenvalue weighted by molar-refractivity contribution is -0.130. The van der Waals surface area contributed by atoms with Gasteiger partial charge in [0.25, 0.3) is 0 Å². The van der Waals surface area contributed by atoms with E-state index in [1.165, 1.54) is 5.56 Å². The van der Waals surface area contributed by atoms with Crippen LogP contribution in [-0.2, 0) is 22.4 Å². The number of carbonyl (C=O) groups excluding carboxylic acids is 1. The molecular weight excluding hydrogens is 320 g/mol. The molecule has 1 aromatic rings. The molecule has 0 saturated heterocycles. The minimum absolute atomic E-state index is 0.143. The zero-order chi connectivity index (χ0) is 14.5. The Morgan fingerprint density at radius 1 is 1.45 bits per heavy atom. The van der Waals surface area contributed by atoms with Gasteiger partial charge in [-0.15, -0.1) is 0 Å². The third kappa shape index (κ3) is 3.61. The standard InChI is InChI=1S/C16H21BrO3/c1-3-5-15(19-4-2)14(18)10-12-9-13(17)8-11-6-7-20-16(11)12/h8-9,15H,3-7,10H2,1-2H3. The Labute approximate surface area is 128 Å². The largest absolute Gasteiger partial charge is 0.493 e. The molecule has 110 valence electrons. The van der Waals surface area contributed by atoms with Crippen molar-refractivity contribution in [3.05, 3.63) is 27.7 Å². The molecule has 1 aromatic carbocycles. The molecule has 4 heteroatoms. The highest BCUT2D eigenvalue weighted by molar-refractivity contribution is 9.10. The molecule has 20 heavy (non-hydrogen) atoms. The van der Waals surface area contributed by atoms with Gasteiger partial charge in [0, 0.05) is 29.5 Å². The average molecular weight is 341 g/mol. The van der Waals surface area contributed by atoms with E-state index < -0.39 is 0 Å². The Bertz CT molecular complexity index is 479. The fourth-order valence-electron chi connectivity index (χ4n) is 2.58. The zero-order valence-electron chi connectivity index (χ0n) is 12.1. The lowest BCUT2D eigenvalue weighted by Gasteiger charge is -2.16. The van der Waals surface area contributed by atoms with E-state index >= 15 is 0 Å². The minimum atomic E-state index is -0.291. The van der Waals surface area contributed by atoms with Crippen LogP contribution in [0, 0.1) is 0 Å². The molecule has 1 aliphatic rings. The first-order chi connectivity index (χ1) is 9.65. The van der Waals surface area contributed by atoms with Crippen molar-refractivity contribution in [1.82, 2.24) is 0 Å². The highest BCUT2D eigenvalue weighted by Gasteiger charge is 2.23. The van der Waals surface area contributed by atoms with E-state index in [-0.39, 0.29) is 11.9 Å². The maximum atomic E-state index is 12.4. The smallest absolute Gasteiger partial charge is 0.166 e. The van der Waals surface area contributed by atoms with E-state index in [1.807, 2.05) is 13.0 Å². The number of ether oxygens (including phenoxy) is 2. The summed E-state index contributed by atoms with van der Waals surface area (Å²) in [5.74, 6) is 1.04. The van der Waals surface area contributed by atoms with Crippen molar-refractivity contribution in [2.45, 2.75) is 45.6 Å².